The van der Waals surface area contributed by atoms with Crippen molar-refractivity contribution in [2.45, 2.75) is 12.8 Å². The summed E-state index contributed by atoms with van der Waals surface area (Å²) in [6.07, 6.45) is 0.935. The summed E-state index contributed by atoms with van der Waals surface area (Å²) in [5.74, 6) is 0.0320. The van der Waals surface area contributed by atoms with Crippen LogP contribution in [0.2, 0.25) is 0 Å². The van der Waals surface area contributed by atoms with Gasteiger partial charge in [0.1, 0.15) is 5.78 Å². The molecule has 2 rings (SSSR count). The number of Topliss-reactive ketones (excluding diaryl/α,β-unsaturated/α-hetero) is 1. The molecular formula is C12H13BrN2O3. The first-order valence-corrected chi connectivity index (χ1v) is 6.53. The number of ketones is 1. The Morgan fingerprint density at radius 2 is 2.28 bits per heavy atom. The van der Waals surface area contributed by atoms with E-state index in [1.807, 2.05) is 0 Å². The molecule has 1 unspecified atom stereocenters. The van der Waals surface area contributed by atoms with Crippen LogP contribution in [-0.4, -0.2) is 23.8 Å². The lowest BCUT2D eigenvalue weighted by Crippen LogP contribution is -2.38. The molecule has 0 saturated carbocycles. The molecule has 5 nitrogen and oxygen atoms in total. The zero-order valence-electron chi connectivity index (χ0n) is 9.69. The number of rotatable bonds is 3. The van der Waals surface area contributed by atoms with Gasteiger partial charge in [-0.2, -0.15) is 0 Å². The monoisotopic (exact) mass is 312 g/mol. The predicted molar refractivity (Wildman–Crippen MR) is 70.5 cm³/mol. The predicted octanol–water partition coefficient (Wildman–Crippen LogP) is 2.08. The van der Waals surface area contributed by atoms with E-state index in [1.165, 1.54) is 6.07 Å². The molecule has 6 heteroatoms. The smallest absolute Gasteiger partial charge is 0.273 e. The maximum Gasteiger partial charge on any atom is 0.273 e. The van der Waals surface area contributed by atoms with Crippen molar-refractivity contribution in [1.82, 2.24) is 5.32 Å². The summed E-state index contributed by atoms with van der Waals surface area (Å²) in [5, 5.41) is 14.1. The lowest BCUT2D eigenvalue weighted by atomic mass is 9.90. The van der Waals surface area contributed by atoms with E-state index < -0.39 is 4.92 Å². The maximum absolute atomic E-state index is 11.7. The van der Waals surface area contributed by atoms with Gasteiger partial charge in [-0.1, -0.05) is 22.0 Å². The highest BCUT2D eigenvalue weighted by Gasteiger charge is 2.25. The number of nitro groups is 1. The van der Waals surface area contributed by atoms with Crippen LogP contribution in [0, 0.1) is 16.0 Å². The molecule has 1 heterocycles. The highest BCUT2D eigenvalue weighted by Crippen LogP contribution is 2.26. The van der Waals surface area contributed by atoms with Crippen LogP contribution in [0.15, 0.2) is 22.7 Å². The Morgan fingerprint density at radius 3 is 2.94 bits per heavy atom. The fourth-order valence-corrected chi connectivity index (χ4v) is 2.49. The average Bonchev–Trinajstić information content (AvgIpc) is 2.34. The molecular weight excluding hydrogens is 300 g/mol. The summed E-state index contributed by atoms with van der Waals surface area (Å²) < 4.78 is 0.672. The average molecular weight is 313 g/mol. The van der Waals surface area contributed by atoms with Gasteiger partial charge in [-0.3, -0.25) is 14.9 Å². The zero-order valence-corrected chi connectivity index (χ0v) is 11.3. The third-order valence-electron chi connectivity index (χ3n) is 3.10. The molecule has 1 saturated heterocycles. The number of hydrogen-bond acceptors (Lipinski definition) is 4. The van der Waals surface area contributed by atoms with Crippen LogP contribution in [0.5, 0.6) is 0 Å². The molecule has 1 aliphatic heterocycles. The summed E-state index contributed by atoms with van der Waals surface area (Å²) in [6, 6.07) is 4.96. The lowest BCUT2D eigenvalue weighted by molar-refractivity contribution is -0.385. The highest BCUT2D eigenvalue weighted by atomic mass is 79.9. The quantitative estimate of drug-likeness (QED) is 0.685. The first kappa shape index (κ1) is 13.2. The number of benzene rings is 1. The number of hydrogen-bond donors (Lipinski definition) is 1. The molecule has 1 aromatic carbocycles. The first-order valence-electron chi connectivity index (χ1n) is 5.74. The molecule has 0 bridgehead atoms. The number of nitrogens with one attached hydrogen (secondary N) is 1. The van der Waals surface area contributed by atoms with Crippen molar-refractivity contribution < 1.29 is 9.72 Å². The van der Waals surface area contributed by atoms with E-state index in [9.17, 15) is 14.9 Å². The fraction of sp³-hybridized carbons (Fsp3) is 0.417. The second kappa shape index (κ2) is 5.58. The Morgan fingerprint density at radius 1 is 1.50 bits per heavy atom. The van der Waals surface area contributed by atoms with Gasteiger partial charge in [0.2, 0.25) is 0 Å². The largest absolute Gasteiger partial charge is 0.316 e. The standard InChI is InChI=1S/C12H13BrN2O3/c13-10-2-1-8(11(6-10)15(17)18)5-9-7-14-4-3-12(9)16/h1-2,6,9,14H,3-5,7H2. The molecule has 0 amide bonds. The van der Waals surface area contributed by atoms with Crippen LogP contribution < -0.4 is 5.32 Å². The number of carbonyl (C=O) groups excluding carboxylic acids is 1. The molecule has 0 spiro atoms. The normalized spacial score (nSPS) is 19.8. The summed E-state index contributed by atoms with van der Waals surface area (Å²) >= 11 is 3.22. The zero-order chi connectivity index (χ0) is 13.1. The van der Waals surface area contributed by atoms with Crippen molar-refractivity contribution in [1.29, 1.82) is 0 Å². The van der Waals surface area contributed by atoms with E-state index in [0.29, 0.717) is 36.0 Å². The molecule has 1 fully saturated rings. The molecule has 1 atom stereocenters. The molecule has 0 radical (unpaired) electrons. The van der Waals surface area contributed by atoms with Crippen molar-refractivity contribution in [3.8, 4) is 0 Å². The fourth-order valence-electron chi connectivity index (χ4n) is 2.14. The van der Waals surface area contributed by atoms with E-state index in [-0.39, 0.29) is 17.4 Å². The van der Waals surface area contributed by atoms with Gasteiger partial charge in [0.25, 0.3) is 5.69 Å². The van der Waals surface area contributed by atoms with Crippen LogP contribution in [-0.2, 0) is 11.2 Å². The molecule has 0 aliphatic carbocycles. The third-order valence-corrected chi connectivity index (χ3v) is 3.60. The molecule has 96 valence electrons. The maximum atomic E-state index is 11.7. The number of halogens is 1. The third kappa shape index (κ3) is 2.94. The Bertz CT molecular complexity index is 490. The lowest BCUT2D eigenvalue weighted by Gasteiger charge is -2.21. The van der Waals surface area contributed by atoms with E-state index in [0.717, 1.165) is 0 Å². The highest BCUT2D eigenvalue weighted by molar-refractivity contribution is 9.10. The molecule has 0 aromatic heterocycles. The second-order valence-corrected chi connectivity index (χ2v) is 5.27. The SMILES string of the molecule is O=C1CCNCC1Cc1ccc(Br)cc1[N+](=O)[O-]. The minimum Gasteiger partial charge on any atom is -0.316 e. The number of carbonyl (C=O) groups is 1. The van der Waals surface area contributed by atoms with Crippen LogP contribution in [0.1, 0.15) is 12.0 Å². The van der Waals surface area contributed by atoms with Gasteiger partial charge < -0.3 is 5.32 Å². The number of nitro benzene ring substituents is 1. The summed E-state index contributed by atoms with van der Waals surface area (Å²) in [4.78, 5) is 22.3. The van der Waals surface area contributed by atoms with Gasteiger partial charge in [-0.15, -0.1) is 0 Å². The van der Waals surface area contributed by atoms with Crippen molar-refractivity contribution in [3.63, 3.8) is 0 Å². The van der Waals surface area contributed by atoms with Gasteiger partial charge in [0.05, 0.1) is 4.92 Å². The number of piperidine rings is 1. The van der Waals surface area contributed by atoms with E-state index >= 15 is 0 Å². The Labute approximate surface area is 113 Å². The molecule has 1 aromatic rings. The second-order valence-electron chi connectivity index (χ2n) is 4.35. The van der Waals surface area contributed by atoms with Crippen molar-refractivity contribution in [2.24, 2.45) is 5.92 Å². The van der Waals surface area contributed by atoms with Crippen LogP contribution in [0.3, 0.4) is 0 Å². The van der Waals surface area contributed by atoms with E-state index in [4.69, 9.17) is 0 Å². The van der Waals surface area contributed by atoms with Gasteiger partial charge in [0.15, 0.2) is 0 Å². The Kier molecular flexibility index (Phi) is 4.08. The van der Waals surface area contributed by atoms with Crippen molar-refractivity contribution in [3.05, 3.63) is 38.3 Å². The Hall–Kier alpha value is -1.27. The van der Waals surface area contributed by atoms with E-state index in [1.54, 1.807) is 12.1 Å². The molecule has 1 aliphatic rings. The van der Waals surface area contributed by atoms with Crippen LogP contribution in [0.4, 0.5) is 5.69 Å². The minimum absolute atomic E-state index is 0.0720. The Balaban J connectivity index is 2.22. The van der Waals surface area contributed by atoms with Crippen molar-refractivity contribution in [2.75, 3.05) is 13.1 Å². The van der Waals surface area contributed by atoms with Gasteiger partial charge in [0, 0.05) is 41.5 Å². The number of nitrogens with zero attached hydrogens (tertiary/aromatic N) is 1. The summed E-state index contributed by atoms with van der Waals surface area (Å²) in [5.41, 5.74) is 0.688. The van der Waals surface area contributed by atoms with E-state index in [2.05, 4.69) is 21.2 Å². The van der Waals surface area contributed by atoms with Crippen LogP contribution in [0.25, 0.3) is 0 Å². The molecule has 18 heavy (non-hydrogen) atoms. The summed E-state index contributed by atoms with van der Waals surface area (Å²) in [6.45, 7) is 1.31. The van der Waals surface area contributed by atoms with Gasteiger partial charge in [-0.25, -0.2) is 0 Å². The van der Waals surface area contributed by atoms with Gasteiger partial charge in [-0.05, 0) is 12.5 Å². The first-order chi connectivity index (χ1) is 8.58. The summed E-state index contributed by atoms with van der Waals surface area (Å²) in [7, 11) is 0. The molecule has 1 N–H and O–H groups in total. The topological polar surface area (TPSA) is 72.2 Å². The van der Waals surface area contributed by atoms with Crippen LogP contribution >= 0.6 is 15.9 Å². The van der Waals surface area contributed by atoms with Crippen molar-refractivity contribution >= 4 is 27.4 Å². The minimum atomic E-state index is -0.402. The van der Waals surface area contributed by atoms with Gasteiger partial charge >= 0.3 is 0 Å².